The van der Waals surface area contributed by atoms with Crippen molar-refractivity contribution < 1.29 is 18.0 Å². The van der Waals surface area contributed by atoms with Crippen LogP contribution in [0.2, 0.25) is 0 Å². The van der Waals surface area contributed by atoms with Crippen molar-refractivity contribution in [3.05, 3.63) is 71.7 Å². The van der Waals surface area contributed by atoms with Gasteiger partial charge in [-0.3, -0.25) is 9.78 Å². The number of aryl methyl sites for hydroxylation is 1. The molecule has 1 aliphatic rings. The fraction of sp³-hybridized carbons (Fsp3) is 0.304. The van der Waals surface area contributed by atoms with E-state index in [-0.39, 0.29) is 17.5 Å². The average molecular weight is 441 g/mol. The summed E-state index contributed by atoms with van der Waals surface area (Å²) >= 11 is 0. The predicted octanol–water partition coefficient (Wildman–Crippen LogP) is 4.22. The first-order valence-electron chi connectivity index (χ1n) is 10.3. The summed E-state index contributed by atoms with van der Waals surface area (Å²) in [5.41, 5.74) is 1.07. The van der Waals surface area contributed by atoms with Gasteiger partial charge >= 0.3 is 6.18 Å². The zero-order valence-electron chi connectivity index (χ0n) is 17.5. The lowest BCUT2D eigenvalue weighted by Gasteiger charge is -2.24. The molecule has 0 saturated carbocycles. The van der Waals surface area contributed by atoms with E-state index in [0.29, 0.717) is 43.7 Å². The molecule has 2 aromatic heterocycles. The molecule has 1 amide bonds. The number of aromatic nitrogens is 3. The third-order valence-corrected chi connectivity index (χ3v) is 5.31. The first kappa shape index (κ1) is 21.7. The number of halogens is 3. The van der Waals surface area contributed by atoms with Gasteiger partial charge < -0.3 is 9.80 Å². The second-order valence-corrected chi connectivity index (χ2v) is 7.67. The monoisotopic (exact) mass is 441 g/mol. The molecule has 0 aliphatic carbocycles. The van der Waals surface area contributed by atoms with Gasteiger partial charge in [0, 0.05) is 55.8 Å². The summed E-state index contributed by atoms with van der Waals surface area (Å²) < 4.78 is 40.6. The van der Waals surface area contributed by atoms with Crippen molar-refractivity contribution in [3.63, 3.8) is 0 Å². The van der Waals surface area contributed by atoms with Crippen LogP contribution in [0.15, 0.2) is 54.9 Å². The number of amides is 1. The van der Waals surface area contributed by atoms with Crippen molar-refractivity contribution in [2.45, 2.75) is 19.5 Å². The highest BCUT2D eigenvalue weighted by Gasteiger charge is 2.34. The molecule has 0 radical (unpaired) electrons. The molecule has 32 heavy (non-hydrogen) atoms. The van der Waals surface area contributed by atoms with Gasteiger partial charge in [0.15, 0.2) is 11.5 Å². The lowest BCUT2D eigenvalue weighted by Crippen LogP contribution is -2.35. The third-order valence-electron chi connectivity index (χ3n) is 5.31. The Labute approximate surface area is 183 Å². The summed E-state index contributed by atoms with van der Waals surface area (Å²) in [6, 6.07) is 11.5. The van der Waals surface area contributed by atoms with Gasteiger partial charge in [0.2, 0.25) is 0 Å². The van der Waals surface area contributed by atoms with Gasteiger partial charge in [0.25, 0.3) is 5.91 Å². The molecule has 0 spiro atoms. The normalized spacial score (nSPS) is 14.9. The Hall–Kier alpha value is -3.49. The lowest BCUT2D eigenvalue weighted by molar-refractivity contribution is -0.141. The van der Waals surface area contributed by atoms with E-state index in [1.165, 1.54) is 12.4 Å². The van der Waals surface area contributed by atoms with E-state index in [4.69, 9.17) is 0 Å². The van der Waals surface area contributed by atoms with Crippen molar-refractivity contribution in [2.24, 2.45) is 0 Å². The fourth-order valence-corrected chi connectivity index (χ4v) is 3.68. The second-order valence-electron chi connectivity index (χ2n) is 7.67. The Balaban J connectivity index is 1.59. The predicted molar refractivity (Wildman–Crippen MR) is 114 cm³/mol. The highest BCUT2D eigenvalue weighted by atomic mass is 19.4. The Morgan fingerprint density at radius 1 is 0.969 bits per heavy atom. The molecule has 4 rings (SSSR count). The molecule has 9 heteroatoms. The molecule has 3 heterocycles. The largest absolute Gasteiger partial charge is 0.433 e. The Kier molecular flexibility index (Phi) is 6.07. The number of benzene rings is 1. The quantitative estimate of drug-likeness (QED) is 0.609. The van der Waals surface area contributed by atoms with Crippen LogP contribution in [0.25, 0.3) is 11.4 Å². The third kappa shape index (κ3) is 4.87. The van der Waals surface area contributed by atoms with Crippen LogP contribution in [-0.2, 0) is 6.18 Å². The van der Waals surface area contributed by atoms with Crippen LogP contribution >= 0.6 is 0 Å². The molecular formula is C23H22F3N5O. The first-order chi connectivity index (χ1) is 15.3. The van der Waals surface area contributed by atoms with Crippen LogP contribution in [0.1, 0.15) is 28.0 Å². The van der Waals surface area contributed by atoms with Crippen molar-refractivity contribution in [1.82, 2.24) is 19.9 Å². The molecular weight excluding hydrogens is 419 g/mol. The number of hydrogen-bond acceptors (Lipinski definition) is 5. The lowest BCUT2D eigenvalue weighted by atomic mass is 10.1. The minimum atomic E-state index is -4.60. The second kappa shape index (κ2) is 8.94. The first-order valence-corrected chi connectivity index (χ1v) is 10.3. The smallest absolute Gasteiger partial charge is 0.355 e. The van der Waals surface area contributed by atoms with Crippen LogP contribution in [-0.4, -0.2) is 51.9 Å². The Morgan fingerprint density at radius 3 is 2.47 bits per heavy atom. The fourth-order valence-electron chi connectivity index (χ4n) is 3.68. The van der Waals surface area contributed by atoms with Gasteiger partial charge in [-0.2, -0.15) is 13.2 Å². The molecule has 1 saturated heterocycles. The summed E-state index contributed by atoms with van der Waals surface area (Å²) in [5, 5.41) is 0. The number of pyridine rings is 1. The van der Waals surface area contributed by atoms with E-state index in [9.17, 15) is 18.0 Å². The summed E-state index contributed by atoms with van der Waals surface area (Å²) in [5.74, 6) is 0.116. The van der Waals surface area contributed by atoms with Crippen LogP contribution in [0.4, 0.5) is 19.0 Å². The van der Waals surface area contributed by atoms with Gasteiger partial charge in [-0.25, -0.2) is 9.97 Å². The van der Waals surface area contributed by atoms with E-state index in [1.807, 2.05) is 25.1 Å². The molecule has 0 bridgehead atoms. The molecule has 0 N–H and O–H groups in total. The number of anilines is 1. The van der Waals surface area contributed by atoms with Crippen molar-refractivity contribution in [1.29, 1.82) is 0 Å². The minimum Gasteiger partial charge on any atom is -0.355 e. The van der Waals surface area contributed by atoms with E-state index in [1.54, 1.807) is 28.0 Å². The van der Waals surface area contributed by atoms with Gasteiger partial charge in [-0.1, -0.05) is 17.7 Å². The van der Waals surface area contributed by atoms with Gasteiger partial charge in [-0.05, 0) is 37.6 Å². The maximum Gasteiger partial charge on any atom is 0.433 e. The number of hydrogen-bond donors (Lipinski definition) is 0. The highest BCUT2D eigenvalue weighted by molar-refractivity contribution is 5.94. The van der Waals surface area contributed by atoms with Gasteiger partial charge in [0.1, 0.15) is 5.82 Å². The van der Waals surface area contributed by atoms with Crippen LogP contribution in [0.5, 0.6) is 0 Å². The number of carbonyl (C=O) groups is 1. The van der Waals surface area contributed by atoms with E-state index in [2.05, 4.69) is 15.0 Å². The molecule has 1 aliphatic heterocycles. The van der Waals surface area contributed by atoms with E-state index < -0.39 is 11.9 Å². The maximum absolute atomic E-state index is 13.5. The summed E-state index contributed by atoms with van der Waals surface area (Å²) in [7, 11) is 0. The van der Waals surface area contributed by atoms with Crippen molar-refractivity contribution in [3.8, 4) is 11.4 Å². The van der Waals surface area contributed by atoms with E-state index in [0.717, 1.165) is 11.6 Å². The van der Waals surface area contributed by atoms with Crippen molar-refractivity contribution in [2.75, 3.05) is 31.1 Å². The molecule has 0 unspecified atom stereocenters. The van der Waals surface area contributed by atoms with Gasteiger partial charge in [0.05, 0.1) is 0 Å². The zero-order valence-corrected chi connectivity index (χ0v) is 17.5. The topological polar surface area (TPSA) is 62.2 Å². The highest BCUT2D eigenvalue weighted by Crippen LogP contribution is 2.32. The number of alkyl halides is 3. The average Bonchev–Trinajstić information content (AvgIpc) is 3.05. The molecule has 1 fully saturated rings. The van der Waals surface area contributed by atoms with Crippen LogP contribution in [0, 0.1) is 6.92 Å². The SMILES string of the molecule is Cc1cccc(C(=O)N2CCCN(c3cc(C(F)(F)F)nc(-c4ccncc4)n3)CC2)c1. The minimum absolute atomic E-state index is 0.00540. The Bertz CT molecular complexity index is 1100. The number of nitrogens with zero attached hydrogens (tertiary/aromatic N) is 5. The molecule has 1 aromatic carbocycles. The summed E-state index contributed by atoms with van der Waals surface area (Å²) in [6.07, 6.45) is -1.01. The molecule has 0 atom stereocenters. The standard InChI is InChI=1S/C23H22F3N5O/c1-16-4-2-5-18(14-16)22(32)31-11-3-10-30(12-13-31)20-15-19(23(24,25)26)28-21(29-20)17-6-8-27-9-7-17/h2,4-9,14-15H,3,10-13H2,1H3. The Morgan fingerprint density at radius 2 is 1.75 bits per heavy atom. The number of carbonyl (C=O) groups excluding carboxylic acids is 1. The zero-order chi connectivity index (χ0) is 22.7. The number of rotatable bonds is 3. The van der Waals surface area contributed by atoms with Gasteiger partial charge in [-0.15, -0.1) is 0 Å². The van der Waals surface area contributed by atoms with Crippen LogP contribution < -0.4 is 4.90 Å². The molecule has 166 valence electrons. The van der Waals surface area contributed by atoms with Crippen molar-refractivity contribution >= 4 is 11.7 Å². The maximum atomic E-state index is 13.5. The summed E-state index contributed by atoms with van der Waals surface area (Å²) in [4.78, 5) is 28.5. The molecule has 6 nitrogen and oxygen atoms in total. The van der Waals surface area contributed by atoms with E-state index >= 15 is 0 Å². The van der Waals surface area contributed by atoms with Crippen LogP contribution in [0.3, 0.4) is 0 Å². The molecule has 3 aromatic rings. The summed E-state index contributed by atoms with van der Waals surface area (Å²) in [6.45, 7) is 3.71.